The minimum absolute atomic E-state index is 0.0374. The zero-order valence-corrected chi connectivity index (χ0v) is 15.2. The molecular weight excluding hydrogens is 338 g/mol. The third-order valence-corrected chi connectivity index (χ3v) is 6.61. The van der Waals surface area contributed by atoms with E-state index in [-0.39, 0.29) is 22.9 Å². The van der Waals surface area contributed by atoms with Gasteiger partial charge in [0.2, 0.25) is 10.0 Å². The van der Waals surface area contributed by atoms with Crippen LogP contribution in [0.2, 0.25) is 0 Å². The first kappa shape index (κ1) is 18.4. The summed E-state index contributed by atoms with van der Waals surface area (Å²) in [5, 5.41) is 3.01. The highest BCUT2D eigenvalue weighted by molar-refractivity contribution is 7.89. The van der Waals surface area contributed by atoms with Crippen molar-refractivity contribution in [2.75, 3.05) is 6.54 Å². The van der Waals surface area contributed by atoms with Crippen LogP contribution in [0.4, 0.5) is 0 Å². The first-order chi connectivity index (χ1) is 12.0. The Morgan fingerprint density at radius 3 is 2.52 bits per heavy atom. The van der Waals surface area contributed by atoms with Crippen molar-refractivity contribution in [1.82, 2.24) is 10.0 Å². The topological polar surface area (TPSA) is 101 Å². The average molecular weight is 365 g/mol. The molecule has 1 amide bonds. The zero-order valence-electron chi connectivity index (χ0n) is 14.4. The molecule has 0 heterocycles. The van der Waals surface area contributed by atoms with Gasteiger partial charge in [-0.3, -0.25) is 4.79 Å². The zero-order chi connectivity index (χ0) is 17.9. The molecule has 138 valence electrons. The van der Waals surface area contributed by atoms with Crippen LogP contribution in [0.3, 0.4) is 0 Å². The molecule has 1 aromatic carbocycles. The van der Waals surface area contributed by atoms with Crippen molar-refractivity contribution in [3.8, 4) is 0 Å². The number of sulfonamides is 1. The van der Waals surface area contributed by atoms with Gasteiger partial charge in [0.05, 0.1) is 4.90 Å². The molecule has 2 saturated carbocycles. The summed E-state index contributed by atoms with van der Waals surface area (Å²) < 4.78 is 27.3. The van der Waals surface area contributed by atoms with Crippen molar-refractivity contribution in [2.45, 2.75) is 61.9 Å². The number of carbonyl (C=O) groups is 1. The van der Waals surface area contributed by atoms with Gasteiger partial charge in [-0.05, 0) is 49.8 Å². The van der Waals surface area contributed by atoms with Crippen molar-refractivity contribution < 1.29 is 13.2 Å². The lowest BCUT2D eigenvalue weighted by Crippen LogP contribution is -2.45. The number of benzene rings is 1. The van der Waals surface area contributed by atoms with Crippen molar-refractivity contribution in [2.24, 2.45) is 11.7 Å². The van der Waals surface area contributed by atoms with Crippen LogP contribution in [-0.4, -0.2) is 33.0 Å². The summed E-state index contributed by atoms with van der Waals surface area (Å²) in [5.41, 5.74) is 6.22. The molecule has 1 aromatic rings. The summed E-state index contributed by atoms with van der Waals surface area (Å²) in [6, 6.07) is 6.18. The SMILES string of the molecule is NCC(NC(=O)c1cccc(S(=O)(=O)NC2CC2)c1)C1CCCCC1. The van der Waals surface area contributed by atoms with Gasteiger partial charge in [0, 0.05) is 24.2 Å². The van der Waals surface area contributed by atoms with Crippen molar-refractivity contribution in [3.63, 3.8) is 0 Å². The fraction of sp³-hybridized carbons (Fsp3) is 0.611. The highest BCUT2D eigenvalue weighted by Crippen LogP contribution is 2.26. The number of rotatable bonds is 7. The summed E-state index contributed by atoms with van der Waals surface area (Å²) in [4.78, 5) is 12.7. The fourth-order valence-corrected chi connectivity index (χ4v) is 4.80. The van der Waals surface area contributed by atoms with E-state index in [0.29, 0.717) is 18.0 Å². The number of hydrogen-bond donors (Lipinski definition) is 3. The predicted molar refractivity (Wildman–Crippen MR) is 96.7 cm³/mol. The molecule has 2 fully saturated rings. The van der Waals surface area contributed by atoms with Gasteiger partial charge in [-0.15, -0.1) is 0 Å². The summed E-state index contributed by atoms with van der Waals surface area (Å²) >= 11 is 0. The van der Waals surface area contributed by atoms with E-state index in [9.17, 15) is 13.2 Å². The number of carbonyl (C=O) groups excluding carboxylic acids is 1. The highest BCUT2D eigenvalue weighted by atomic mass is 32.2. The molecule has 1 atom stereocenters. The number of hydrogen-bond acceptors (Lipinski definition) is 4. The Hall–Kier alpha value is -1.44. The Kier molecular flexibility index (Phi) is 5.76. The van der Waals surface area contributed by atoms with Gasteiger partial charge in [0.15, 0.2) is 0 Å². The third kappa shape index (κ3) is 4.80. The fourth-order valence-electron chi connectivity index (χ4n) is 3.45. The van der Waals surface area contributed by atoms with Crippen LogP contribution >= 0.6 is 0 Å². The van der Waals surface area contributed by atoms with Gasteiger partial charge in [-0.2, -0.15) is 0 Å². The molecule has 7 heteroatoms. The third-order valence-electron chi connectivity index (χ3n) is 5.09. The minimum atomic E-state index is -3.56. The smallest absolute Gasteiger partial charge is 0.251 e. The number of nitrogens with two attached hydrogens (primary N) is 1. The van der Waals surface area contributed by atoms with E-state index in [2.05, 4.69) is 10.0 Å². The maximum absolute atomic E-state index is 12.6. The lowest BCUT2D eigenvalue weighted by molar-refractivity contribution is 0.0915. The van der Waals surface area contributed by atoms with Crippen LogP contribution < -0.4 is 15.8 Å². The first-order valence-corrected chi connectivity index (χ1v) is 10.6. The van der Waals surface area contributed by atoms with Crippen molar-refractivity contribution >= 4 is 15.9 Å². The predicted octanol–water partition coefficient (Wildman–Crippen LogP) is 1.76. The molecule has 0 bridgehead atoms. The Morgan fingerprint density at radius 2 is 1.88 bits per heavy atom. The summed E-state index contributed by atoms with van der Waals surface area (Å²) in [6.07, 6.45) is 7.52. The monoisotopic (exact) mass is 365 g/mol. The highest BCUT2D eigenvalue weighted by Gasteiger charge is 2.29. The molecule has 0 aromatic heterocycles. The molecule has 1 unspecified atom stereocenters. The molecule has 0 spiro atoms. The van der Waals surface area contributed by atoms with Crippen LogP contribution in [0.15, 0.2) is 29.2 Å². The van der Waals surface area contributed by atoms with E-state index in [0.717, 1.165) is 25.7 Å². The van der Waals surface area contributed by atoms with Crippen LogP contribution in [0.1, 0.15) is 55.3 Å². The summed E-state index contributed by atoms with van der Waals surface area (Å²) in [5.74, 6) is 0.149. The molecular formula is C18H27N3O3S. The normalized spacial score (nSPS) is 20.2. The van der Waals surface area contributed by atoms with Crippen LogP contribution in [0.5, 0.6) is 0 Å². The van der Waals surface area contributed by atoms with E-state index in [1.165, 1.54) is 31.4 Å². The summed E-state index contributed by atoms with van der Waals surface area (Å²) in [6.45, 7) is 0.400. The standard InChI is InChI=1S/C18H27N3O3S/c19-12-17(13-5-2-1-3-6-13)20-18(22)14-7-4-8-16(11-14)25(23,24)21-15-9-10-15/h4,7-8,11,13,15,17,21H,1-3,5-6,9-10,12,19H2,(H,20,22). The molecule has 0 aliphatic heterocycles. The van der Waals surface area contributed by atoms with E-state index >= 15 is 0 Å². The maximum atomic E-state index is 12.6. The summed E-state index contributed by atoms with van der Waals surface area (Å²) in [7, 11) is -3.56. The quantitative estimate of drug-likeness (QED) is 0.685. The largest absolute Gasteiger partial charge is 0.348 e. The van der Waals surface area contributed by atoms with Gasteiger partial charge >= 0.3 is 0 Å². The second kappa shape index (κ2) is 7.85. The van der Waals surface area contributed by atoms with Crippen LogP contribution in [0.25, 0.3) is 0 Å². The van der Waals surface area contributed by atoms with E-state index in [1.807, 2.05) is 0 Å². The maximum Gasteiger partial charge on any atom is 0.251 e. The van der Waals surface area contributed by atoms with Crippen LogP contribution in [-0.2, 0) is 10.0 Å². The Morgan fingerprint density at radius 1 is 1.16 bits per heavy atom. The van der Waals surface area contributed by atoms with Crippen LogP contribution in [0, 0.1) is 5.92 Å². The number of nitrogens with one attached hydrogen (secondary N) is 2. The van der Waals surface area contributed by atoms with Gasteiger partial charge in [-0.25, -0.2) is 13.1 Å². The van der Waals surface area contributed by atoms with Crippen molar-refractivity contribution in [3.05, 3.63) is 29.8 Å². The molecule has 25 heavy (non-hydrogen) atoms. The minimum Gasteiger partial charge on any atom is -0.348 e. The van der Waals surface area contributed by atoms with Gasteiger partial charge < -0.3 is 11.1 Å². The first-order valence-electron chi connectivity index (χ1n) is 9.13. The molecule has 6 nitrogen and oxygen atoms in total. The number of amides is 1. The Bertz CT molecular complexity index is 710. The van der Waals surface area contributed by atoms with Gasteiger partial charge in [0.25, 0.3) is 5.91 Å². The van der Waals surface area contributed by atoms with E-state index in [4.69, 9.17) is 5.73 Å². The molecule has 4 N–H and O–H groups in total. The Balaban J connectivity index is 1.69. The van der Waals surface area contributed by atoms with E-state index in [1.54, 1.807) is 12.1 Å². The van der Waals surface area contributed by atoms with Gasteiger partial charge in [0.1, 0.15) is 0 Å². The lowest BCUT2D eigenvalue weighted by atomic mass is 9.84. The average Bonchev–Trinajstić information content (AvgIpc) is 3.43. The van der Waals surface area contributed by atoms with E-state index < -0.39 is 10.0 Å². The van der Waals surface area contributed by atoms with Crippen molar-refractivity contribution in [1.29, 1.82) is 0 Å². The molecule has 0 radical (unpaired) electrons. The second-order valence-electron chi connectivity index (χ2n) is 7.14. The lowest BCUT2D eigenvalue weighted by Gasteiger charge is -2.30. The van der Waals surface area contributed by atoms with Gasteiger partial charge in [-0.1, -0.05) is 25.3 Å². The molecule has 0 saturated heterocycles. The second-order valence-corrected chi connectivity index (χ2v) is 8.85. The molecule has 2 aliphatic carbocycles. The molecule has 3 rings (SSSR count). The molecule has 2 aliphatic rings. The Labute approximate surface area is 149 Å².